The predicted molar refractivity (Wildman–Crippen MR) is 281 cm³/mol. The Morgan fingerprint density at radius 1 is 0.409 bits per heavy atom. The minimum atomic E-state index is 0.483. The van der Waals surface area contributed by atoms with Crippen molar-refractivity contribution in [3.05, 3.63) is 155 Å². The topological polar surface area (TPSA) is 70.4 Å². The van der Waals surface area contributed by atoms with Gasteiger partial charge in [-0.15, -0.1) is 34.0 Å². The molecule has 3 N–H and O–H groups in total. The van der Waals surface area contributed by atoms with E-state index in [-0.39, 0.29) is 0 Å². The fourth-order valence-corrected chi connectivity index (χ4v) is 12.8. The molecule has 3 aliphatic carbocycles. The Balaban J connectivity index is 0.000000147. The molecule has 3 aromatic heterocycles. The minimum absolute atomic E-state index is 0.483. The van der Waals surface area contributed by atoms with Gasteiger partial charge in [-0.05, 0) is 202 Å². The highest BCUT2D eigenvalue weighted by Crippen LogP contribution is 2.34. The van der Waals surface area contributed by atoms with E-state index in [2.05, 4.69) is 106 Å². The zero-order valence-corrected chi connectivity index (χ0v) is 42.3. The molecule has 0 saturated heterocycles. The quantitative estimate of drug-likeness (QED) is 0.0798. The Kier molecular flexibility index (Phi) is 19.7. The van der Waals surface area contributed by atoms with Crippen LogP contribution in [-0.2, 0) is 57.8 Å². The van der Waals surface area contributed by atoms with E-state index in [1.165, 1.54) is 86.9 Å². The maximum absolute atomic E-state index is 10.0. The first-order valence-corrected chi connectivity index (χ1v) is 27.7. The molecule has 0 aliphatic heterocycles. The summed E-state index contributed by atoms with van der Waals surface area (Å²) in [6.45, 7) is 13.7. The van der Waals surface area contributed by atoms with Gasteiger partial charge in [0.15, 0.2) is 0 Å². The summed E-state index contributed by atoms with van der Waals surface area (Å²) in [4.78, 5) is 12.4. The largest absolute Gasteiger partial charge is 0.508 e. The molecule has 3 aliphatic rings. The van der Waals surface area contributed by atoms with Crippen LogP contribution < -0.4 is 0 Å². The number of phenolic OH excluding ortho intramolecular Hbond substituents is 3. The molecule has 354 valence electrons. The smallest absolute Gasteiger partial charge is 0.119 e. The Labute approximate surface area is 408 Å². The van der Waals surface area contributed by atoms with Crippen molar-refractivity contribution in [3.63, 3.8) is 0 Å². The molecule has 0 fully saturated rings. The number of hydrogen-bond acceptors (Lipinski definition) is 9. The van der Waals surface area contributed by atoms with Gasteiger partial charge in [0.05, 0.1) is 0 Å². The molecule has 66 heavy (non-hydrogen) atoms. The van der Waals surface area contributed by atoms with Crippen LogP contribution in [0, 0.1) is 0 Å². The zero-order chi connectivity index (χ0) is 46.1. The maximum atomic E-state index is 10.0. The second kappa shape index (κ2) is 26.0. The lowest BCUT2D eigenvalue weighted by molar-refractivity contribution is 0.181. The van der Waals surface area contributed by atoms with Crippen LogP contribution in [0.15, 0.2) is 107 Å². The van der Waals surface area contributed by atoms with E-state index in [0.717, 1.165) is 96.7 Å². The maximum Gasteiger partial charge on any atom is 0.119 e. The average Bonchev–Trinajstić information content (AvgIpc) is 4.17. The summed E-state index contributed by atoms with van der Waals surface area (Å²) in [5.41, 5.74) is 7.55. The molecule has 0 unspecified atom stereocenters. The van der Waals surface area contributed by atoms with E-state index in [9.17, 15) is 15.3 Å². The highest BCUT2D eigenvalue weighted by atomic mass is 32.1. The van der Waals surface area contributed by atoms with Gasteiger partial charge in [0.2, 0.25) is 0 Å². The summed E-state index contributed by atoms with van der Waals surface area (Å²) < 4.78 is 0. The number of aromatic hydroxyl groups is 3. The zero-order valence-electron chi connectivity index (χ0n) is 39.9. The van der Waals surface area contributed by atoms with Crippen LogP contribution in [-0.4, -0.2) is 87.4 Å². The normalized spacial score (nSPS) is 17.6. The number of benzene rings is 3. The average molecular weight is 946 g/mol. The first-order valence-electron chi connectivity index (χ1n) is 25.0. The number of hydrogen-bond donors (Lipinski definition) is 3. The van der Waals surface area contributed by atoms with Crippen molar-refractivity contribution in [1.82, 2.24) is 14.7 Å². The van der Waals surface area contributed by atoms with Crippen molar-refractivity contribution in [3.8, 4) is 17.2 Å². The summed E-state index contributed by atoms with van der Waals surface area (Å²) in [5.74, 6) is 1.45. The first-order chi connectivity index (χ1) is 32.3. The van der Waals surface area contributed by atoms with Crippen molar-refractivity contribution < 1.29 is 15.3 Å². The van der Waals surface area contributed by atoms with Gasteiger partial charge in [0.25, 0.3) is 0 Å². The molecule has 0 radical (unpaired) electrons. The molecule has 0 amide bonds. The highest BCUT2D eigenvalue weighted by molar-refractivity contribution is 7.10. The molecule has 9 heteroatoms. The van der Waals surface area contributed by atoms with Crippen molar-refractivity contribution in [2.45, 2.75) is 135 Å². The van der Waals surface area contributed by atoms with Crippen LogP contribution in [0.2, 0.25) is 0 Å². The van der Waals surface area contributed by atoms with Gasteiger partial charge in [-0.2, -0.15) is 0 Å². The Hall–Kier alpha value is -3.96. The second-order valence-electron chi connectivity index (χ2n) is 18.5. The monoisotopic (exact) mass is 945 g/mol. The summed E-state index contributed by atoms with van der Waals surface area (Å²) in [6, 6.07) is 33.0. The summed E-state index contributed by atoms with van der Waals surface area (Å²) in [6.07, 6.45) is 16.8. The molecule has 6 nitrogen and oxygen atoms in total. The van der Waals surface area contributed by atoms with E-state index >= 15 is 0 Å². The summed E-state index contributed by atoms with van der Waals surface area (Å²) >= 11 is 5.58. The Morgan fingerprint density at radius 3 is 0.970 bits per heavy atom. The van der Waals surface area contributed by atoms with Gasteiger partial charge in [-0.3, -0.25) is 14.7 Å². The molecule has 0 spiro atoms. The molecule has 3 aromatic carbocycles. The van der Waals surface area contributed by atoms with E-state index in [1.807, 2.05) is 70.4 Å². The van der Waals surface area contributed by atoms with Gasteiger partial charge in [-0.25, -0.2) is 0 Å². The third-order valence-electron chi connectivity index (χ3n) is 14.1. The highest BCUT2D eigenvalue weighted by Gasteiger charge is 2.28. The van der Waals surface area contributed by atoms with Gasteiger partial charge in [-0.1, -0.05) is 75.4 Å². The molecule has 0 bridgehead atoms. The van der Waals surface area contributed by atoms with E-state index in [1.54, 1.807) is 0 Å². The van der Waals surface area contributed by atoms with Crippen LogP contribution in [0.3, 0.4) is 0 Å². The number of nitrogens with zero attached hydrogens (tertiary/aromatic N) is 3. The lowest BCUT2D eigenvalue weighted by atomic mass is 9.86. The van der Waals surface area contributed by atoms with E-state index in [4.69, 9.17) is 0 Å². The molecule has 3 heterocycles. The summed E-state index contributed by atoms with van der Waals surface area (Å²) in [7, 11) is 0. The van der Waals surface area contributed by atoms with Crippen LogP contribution in [0.4, 0.5) is 0 Å². The van der Waals surface area contributed by atoms with Crippen molar-refractivity contribution in [2.75, 3.05) is 39.3 Å². The van der Waals surface area contributed by atoms with E-state index < -0.39 is 0 Å². The number of thiophene rings is 3. The van der Waals surface area contributed by atoms with E-state index in [0.29, 0.717) is 35.4 Å². The van der Waals surface area contributed by atoms with Crippen LogP contribution >= 0.6 is 34.0 Å². The summed E-state index contributed by atoms with van der Waals surface area (Å²) in [5, 5.41) is 36.5. The molecular weight excluding hydrogens is 871 g/mol. The van der Waals surface area contributed by atoms with Crippen molar-refractivity contribution >= 4 is 34.0 Å². The number of phenols is 3. The van der Waals surface area contributed by atoms with Crippen LogP contribution in [0.1, 0.15) is 107 Å². The van der Waals surface area contributed by atoms with Gasteiger partial charge in [0.1, 0.15) is 17.2 Å². The van der Waals surface area contributed by atoms with Crippen molar-refractivity contribution in [2.24, 2.45) is 0 Å². The van der Waals surface area contributed by atoms with Crippen LogP contribution in [0.25, 0.3) is 0 Å². The lowest BCUT2D eigenvalue weighted by Crippen LogP contribution is -2.41. The first kappa shape index (κ1) is 49.9. The molecule has 9 rings (SSSR count). The standard InChI is InChI=1S/3C19H25NOS/c3*1-2-11-20(12-10-17-6-4-13-22-17)16-8-9-18-15(14-16)5-3-7-19(18)21/h3*3-7,13,16,21H,2,8-12,14H2,1H3/t3*16-/m000/s1. The van der Waals surface area contributed by atoms with Gasteiger partial charge >= 0.3 is 0 Å². The molecule has 6 aromatic rings. The Morgan fingerprint density at radius 2 is 0.712 bits per heavy atom. The predicted octanol–water partition coefficient (Wildman–Crippen LogP) is 12.8. The van der Waals surface area contributed by atoms with Crippen LogP contribution in [0.5, 0.6) is 17.2 Å². The lowest BCUT2D eigenvalue weighted by Gasteiger charge is -2.35. The number of rotatable bonds is 18. The Bertz CT molecular complexity index is 2040. The molecule has 3 atom stereocenters. The minimum Gasteiger partial charge on any atom is -0.508 e. The third-order valence-corrected chi connectivity index (χ3v) is 16.9. The molecular formula is C57H75N3O3S3. The SMILES string of the molecule is CCCN(CCc1cccs1)[C@H]1CCc2c(O)cccc2C1.CCCN(CCc1cccs1)[C@H]1CCc2c(O)cccc2C1.CCCN(CCc1cccs1)[C@H]1CCc2c(O)cccc2C1. The van der Waals surface area contributed by atoms with Gasteiger partial charge < -0.3 is 15.3 Å². The molecule has 0 saturated carbocycles. The second-order valence-corrected chi connectivity index (χ2v) is 21.6. The fraction of sp³-hybridized carbons (Fsp3) is 0.474. The van der Waals surface area contributed by atoms with Gasteiger partial charge in [0, 0.05) is 52.4 Å². The number of fused-ring (bicyclic) bond motifs is 3. The fourth-order valence-electron chi connectivity index (χ4n) is 10.7. The van der Waals surface area contributed by atoms with Crippen molar-refractivity contribution in [1.29, 1.82) is 0 Å². The third kappa shape index (κ3) is 14.1.